The minimum atomic E-state index is -4.14. The zero-order chi connectivity index (χ0) is 26.6. The van der Waals surface area contributed by atoms with E-state index in [2.05, 4.69) is 9.44 Å². The van der Waals surface area contributed by atoms with Gasteiger partial charge in [0, 0.05) is 17.3 Å². The topological polar surface area (TPSA) is 152 Å². The molecular weight excluding hydrogens is 520 g/mol. The predicted octanol–water partition coefficient (Wildman–Crippen LogP) is 3.47. The summed E-state index contributed by atoms with van der Waals surface area (Å²) >= 11 is 0. The zero-order valence-corrected chi connectivity index (χ0v) is 21.5. The quantitative estimate of drug-likeness (QED) is 0.228. The summed E-state index contributed by atoms with van der Waals surface area (Å²) in [6.07, 6.45) is 0.569. The number of fused-ring (bicyclic) bond motifs is 3. The van der Waals surface area contributed by atoms with Crippen molar-refractivity contribution in [2.24, 2.45) is 0 Å². The fraction of sp³-hybridized carbons (Fsp3) is 0.240. The molecule has 0 aliphatic rings. The number of carboxylic acid groups (broad SMARTS) is 1. The van der Waals surface area contributed by atoms with Gasteiger partial charge >= 0.3 is 5.97 Å². The maximum absolute atomic E-state index is 13.0. The Labute approximate surface area is 214 Å². The summed E-state index contributed by atoms with van der Waals surface area (Å²) in [6.45, 7) is 0.0671. The summed E-state index contributed by atoms with van der Waals surface area (Å²) in [5, 5.41) is 10.9. The van der Waals surface area contributed by atoms with Gasteiger partial charge in [-0.15, -0.1) is 0 Å². The molecule has 0 aliphatic heterocycles. The van der Waals surface area contributed by atoms with Crippen LogP contribution >= 0.6 is 0 Å². The third kappa shape index (κ3) is 6.10. The molecule has 4 rings (SSSR count). The number of hydrogen-bond donors (Lipinski definition) is 3. The van der Waals surface area contributed by atoms with E-state index in [9.17, 15) is 26.7 Å². The second-order valence-electron chi connectivity index (χ2n) is 8.34. The highest BCUT2D eigenvalue weighted by molar-refractivity contribution is 7.89. The molecule has 4 aromatic rings. The Morgan fingerprint density at radius 2 is 1.57 bits per heavy atom. The van der Waals surface area contributed by atoms with Crippen molar-refractivity contribution in [1.82, 2.24) is 9.44 Å². The van der Waals surface area contributed by atoms with Gasteiger partial charge in [-0.25, -0.2) is 21.6 Å². The fourth-order valence-corrected chi connectivity index (χ4v) is 6.20. The summed E-state index contributed by atoms with van der Waals surface area (Å²) in [6, 6.07) is 16.1. The molecule has 0 amide bonds. The highest BCUT2D eigenvalue weighted by Crippen LogP contribution is 2.30. The Bertz CT molecular complexity index is 1630. The van der Waals surface area contributed by atoms with Gasteiger partial charge in [0.15, 0.2) is 0 Å². The Morgan fingerprint density at radius 1 is 0.892 bits per heavy atom. The largest absolute Gasteiger partial charge is 0.497 e. The maximum atomic E-state index is 13.0. The molecule has 1 atom stereocenters. The number of hydrogen-bond acceptors (Lipinski definition) is 7. The normalized spacial score (nSPS) is 13.1. The highest BCUT2D eigenvalue weighted by Gasteiger charge is 2.26. The summed E-state index contributed by atoms with van der Waals surface area (Å²) in [7, 11) is -6.40. The molecule has 10 nitrogen and oxygen atoms in total. The molecular formula is C25H26N2O8S2. The first kappa shape index (κ1) is 26.6. The Morgan fingerprint density at radius 3 is 2.27 bits per heavy atom. The Kier molecular flexibility index (Phi) is 7.83. The molecule has 0 spiro atoms. The molecule has 0 saturated carbocycles. The monoisotopic (exact) mass is 546 g/mol. The van der Waals surface area contributed by atoms with Gasteiger partial charge in [0.05, 0.1) is 16.9 Å². The van der Waals surface area contributed by atoms with E-state index in [1.54, 1.807) is 6.07 Å². The van der Waals surface area contributed by atoms with Crippen LogP contribution in [0.1, 0.15) is 19.3 Å². The van der Waals surface area contributed by atoms with E-state index in [4.69, 9.17) is 9.15 Å². The molecule has 0 fully saturated rings. The standard InChI is InChI=1S/C25H26N2O8S2/c1-34-17-9-11-18(12-10-17)36(30,31)26-15-5-4-7-22(25(28)29)27-37(32,33)19-13-14-24-21(16-19)20-6-2-3-8-23(20)35-24/h2-3,6,8-14,16,22,26-27H,4-5,7,15H2,1H3,(H,28,29). The molecule has 196 valence electrons. The number of nitrogens with one attached hydrogen (secondary N) is 2. The van der Waals surface area contributed by atoms with Crippen LogP contribution in [0.3, 0.4) is 0 Å². The van der Waals surface area contributed by atoms with Crippen molar-refractivity contribution in [2.45, 2.75) is 35.1 Å². The van der Waals surface area contributed by atoms with Gasteiger partial charge in [-0.3, -0.25) is 4.79 Å². The smallest absolute Gasteiger partial charge is 0.321 e. The van der Waals surface area contributed by atoms with Crippen molar-refractivity contribution >= 4 is 48.0 Å². The van der Waals surface area contributed by atoms with Gasteiger partial charge in [-0.2, -0.15) is 4.72 Å². The van der Waals surface area contributed by atoms with Gasteiger partial charge in [0.1, 0.15) is 23.0 Å². The van der Waals surface area contributed by atoms with E-state index in [0.29, 0.717) is 28.7 Å². The van der Waals surface area contributed by atoms with Crippen LogP contribution in [0.15, 0.2) is 80.9 Å². The van der Waals surface area contributed by atoms with Crippen LogP contribution in [0, 0.1) is 0 Å². The SMILES string of the molecule is COc1ccc(S(=O)(=O)NCCCCC(NS(=O)(=O)c2ccc3oc4ccccc4c3c2)C(=O)O)cc1. The van der Waals surface area contributed by atoms with Crippen molar-refractivity contribution in [3.63, 3.8) is 0 Å². The lowest BCUT2D eigenvalue weighted by Gasteiger charge is -2.15. The number of rotatable bonds is 12. The highest BCUT2D eigenvalue weighted by atomic mass is 32.2. The molecule has 0 aliphatic carbocycles. The van der Waals surface area contributed by atoms with Crippen molar-refractivity contribution in [1.29, 1.82) is 0 Å². The number of carbonyl (C=O) groups is 1. The number of ether oxygens (including phenoxy) is 1. The number of methoxy groups -OCH3 is 1. The van der Waals surface area contributed by atoms with E-state index < -0.39 is 32.1 Å². The molecule has 1 heterocycles. The van der Waals surface area contributed by atoms with Crippen molar-refractivity contribution in [3.05, 3.63) is 66.7 Å². The number of benzene rings is 3. The molecule has 3 aromatic carbocycles. The predicted molar refractivity (Wildman–Crippen MR) is 137 cm³/mol. The lowest BCUT2D eigenvalue weighted by molar-refractivity contribution is -0.139. The number of unbranched alkanes of at least 4 members (excludes halogenated alkanes) is 1. The third-order valence-corrected chi connectivity index (χ3v) is 8.78. The van der Waals surface area contributed by atoms with Crippen molar-refractivity contribution < 1.29 is 35.9 Å². The summed E-state index contributed by atoms with van der Waals surface area (Å²) in [5.41, 5.74) is 1.14. The number of aliphatic carboxylic acids is 1. The third-order valence-electron chi connectivity index (χ3n) is 5.84. The number of sulfonamides is 2. The molecule has 0 bridgehead atoms. The fourth-order valence-electron chi connectivity index (χ4n) is 3.88. The molecule has 1 unspecified atom stereocenters. The number of para-hydroxylation sites is 1. The van der Waals surface area contributed by atoms with E-state index in [1.807, 2.05) is 18.2 Å². The zero-order valence-electron chi connectivity index (χ0n) is 19.9. The molecule has 37 heavy (non-hydrogen) atoms. The molecule has 1 aromatic heterocycles. The van der Waals surface area contributed by atoms with Crippen molar-refractivity contribution in [2.75, 3.05) is 13.7 Å². The van der Waals surface area contributed by atoms with E-state index in [0.717, 1.165) is 5.39 Å². The van der Waals surface area contributed by atoms with Gasteiger partial charge in [0.25, 0.3) is 0 Å². The van der Waals surface area contributed by atoms with Crippen LogP contribution in [0.2, 0.25) is 0 Å². The first-order valence-corrected chi connectivity index (χ1v) is 14.4. The van der Waals surface area contributed by atoms with Gasteiger partial charge < -0.3 is 14.3 Å². The minimum absolute atomic E-state index is 0.0181. The molecule has 0 saturated heterocycles. The molecule has 12 heteroatoms. The van der Waals surface area contributed by atoms with Gasteiger partial charge in [0.2, 0.25) is 20.0 Å². The second kappa shape index (κ2) is 10.9. The second-order valence-corrected chi connectivity index (χ2v) is 11.8. The summed E-state index contributed by atoms with van der Waals surface area (Å²) < 4.78 is 66.2. The van der Waals surface area contributed by atoms with E-state index in [1.165, 1.54) is 49.6 Å². The Balaban J connectivity index is 1.36. The average molecular weight is 547 g/mol. The van der Waals surface area contributed by atoms with Gasteiger partial charge in [-0.05, 0) is 67.8 Å². The average Bonchev–Trinajstić information content (AvgIpc) is 3.25. The first-order chi connectivity index (χ1) is 17.6. The van der Waals surface area contributed by atoms with Crippen LogP contribution in [-0.4, -0.2) is 47.6 Å². The van der Waals surface area contributed by atoms with Crippen LogP contribution in [0.4, 0.5) is 0 Å². The van der Waals surface area contributed by atoms with Crippen LogP contribution < -0.4 is 14.2 Å². The van der Waals surface area contributed by atoms with Crippen molar-refractivity contribution in [3.8, 4) is 5.75 Å². The molecule has 0 radical (unpaired) electrons. The van der Waals surface area contributed by atoms with Crippen LogP contribution in [-0.2, 0) is 24.8 Å². The van der Waals surface area contributed by atoms with Crippen LogP contribution in [0.25, 0.3) is 21.9 Å². The van der Waals surface area contributed by atoms with E-state index >= 15 is 0 Å². The maximum Gasteiger partial charge on any atom is 0.321 e. The van der Waals surface area contributed by atoms with E-state index in [-0.39, 0.29) is 29.2 Å². The first-order valence-electron chi connectivity index (χ1n) is 11.4. The summed E-state index contributed by atoms with van der Waals surface area (Å²) in [5.74, 6) is -0.795. The lowest BCUT2D eigenvalue weighted by Crippen LogP contribution is -2.40. The molecule has 3 N–H and O–H groups in total. The van der Waals surface area contributed by atoms with Gasteiger partial charge in [-0.1, -0.05) is 18.2 Å². The number of furan rings is 1. The van der Waals surface area contributed by atoms with Crippen LogP contribution in [0.5, 0.6) is 5.75 Å². The number of carboxylic acids is 1. The Hall–Kier alpha value is -3.45. The lowest BCUT2D eigenvalue weighted by atomic mass is 10.1. The minimum Gasteiger partial charge on any atom is -0.497 e. The summed E-state index contributed by atoms with van der Waals surface area (Å²) in [4.78, 5) is 11.7.